The average Bonchev–Trinajstić information content (AvgIpc) is 2.34. The highest BCUT2D eigenvalue weighted by molar-refractivity contribution is 7.13. The molecule has 12 heavy (non-hydrogen) atoms. The number of carbonyl (C=O) groups is 2. The number of thiazole rings is 1. The van der Waals surface area contributed by atoms with Crippen molar-refractivity contribution < 1.29 is 9.59 Å². The second kappa shape index (κ2) is 4.39. The van der Waals surface area contributed by atoms with Crippen LogP contribution in [0.4, 0.5) is 5.13 Å². The first-order chi connectivity index (χ1) is 5.11. The summed E-state index contributed by atoms with van der Waals surface area (Å²) in [6.07, 6.45) is 0. The van der Waals surface area contributed by atoms with Gasteiger partial charge in [0, 0.05) is 5.38 Å². The Kier molecular flexibility index (Phi) is 4.16. The minimum absolute atomic E-state index is 0. The van der Waals surface area contributed by atoms with E-state index in [1.54, 1.807) is 0 Å². The Morgan fingerprint density at radius 2 is 2.17 bits per heavy atom. The van der Waals surface area contributed by atoms with Crippen LogP contribution in [0.5, 0.6) is 0 Å². The molecule has 0 aliphatic carbocycles. The molecule has 1 rings (SSSR count). The van der Waals surface area contributed by atoms with Gasteiger partial charge < -0.3 is 5.73 Å². The molecule has 66 valence electrons. The first kappa shape index (κ1) is 11.4. The number of ketones is 1. The van der Waals surface area contributed by atoms with E-state index in [0.29, 0.717) is 0 Å². The summed E-state index contributed by atoms with van der Waals surface area (Å²) in [5.41, 5.74) is 5.22. The Morgan fingerprint density at radius 3 is 2.50 bits per heavy atom. The van der Waals surface area contributed by atoms with Gasteiger partial charge in [-0.1, -0.05) is 0 Å². The highest BCUT2D eigenvalue weighted by atomic mass is 35.5. The van der Waals surface area contributed by atoms with Crippen molar-refractivity contribution in [3.05, 3.63) is 11.1 Å². The fourth-order valence-corrected chi connectivity index (χ4v) is 1.13. The molecule has 0 aliphatic heterocycles. The minimum atomic E-state index is -1.05. The molecule has 0 fully saturated rings. The van der Waals surface area contributed by atoms with Crippen LogP contribution < -0.4 is 5.73 Å². The summed E-state index contributed by atoms with van der Waals surface area (Å²) in [5, 5.41) is 0.583. The smallest absolute Gasteiger partial charge is 0.294 e. The lowest BCUT2D eigenvalue weighted by atomic mass is 10.3. The van der Waals surface area contributed by atoms with Gasteiger partial charge in [0.2, 0.25) is 0 Å². The number of halogens is 2. The van der Waals surface area contributed by atoms with E-state index in [4.69, 9.17) is 17.3 Å². The third-order valence-electron chi connectivity index (χ3n) is 0.933. The number of hydrogen-bond acceptors (Lipinski definition) is 5. The molecule has 0 spiro atoms. The molecule has 1 aromatic rings. The second-order valence-electron chi connectivity index (χ2n) is 1.67. The van der Waals surface area contributed by atoms with Crippen molar-refractivity contribution in [3.63, 3.8) is 0 Å². The van der Waals surface area contributed by atoms with E-state index in [0.717, 1.165) is 11.3 Å². The Labute approximate surface area is 83.1 Å². The number of Topliss-reactive ketones (excluding diaryl/α,β-unsaturated/α-hetero) is 1. The summed E-state index contributed by atoms with van der Waals surface area (Å²) in [6, 6.07) is 0. The second-order valence-corrected chi connectivity index (χ2v) is 2.91. The molecular weight excluding hydrogens is 223 g/mol. The summed E-state index contributed by atoms with van der Waals surface area (Å²) in [4.78, 5) is 24.6. The van der Waals surface area contributed by atoms with Crippen LogP contribution in [0.15, 0.2) is 5.38 Å². The first-order valence-corrected chi connectivity index (χ1v) is 3.82. The Bertz CT molecular complexity index is 312. The third-order valence-corrected chi connectivity index (χ3v) is 1.78. The maximum atomic E-state index is 10.8. The van der Waals surface area contributed by atoms with E-state index in [1.807, 2.05) is 0 Å². The largest absolute Gasteiger partial charge is 0.375 e. The fourth-order valence-electron chi connectivity index (χ4n) is 0.493. The number of anilines is 1. The zero-order valence-corrected chi connectivity index (χ0v) is 8.00. The molecule has 0 saturated carbocycles. The summed E-state index contributed by atoms with van der Waals surface area (Å²) in [5.74, 6) is -0.820. The van der Waals surface area contributed by atoms with Gasteiger partial charge in [0.1, 0.15) is 5.69 Å². The molecule has 2 N–H and O–H groups in total. The van der Waals surface area contributed by atoms with Crippen molar-refractivity contribution in [2.24, 2.45) is 0 Å². The molecule has 1 aromatic heterocycles. The predicted molar refractivity (Wildman–Crippen MR) is 49.0 cm³/mol. The first-order valence-electron chi connectivity index (χ1n) is 2.56. The topological polar surface area (TPSA) is 73.0 Å². The van der Waals surface area contributed by atoms with Gasteiger partial charge in [-0.2, -0.15) is 0 Å². The number of aromatic nitrogens is 1. The van der Waals surface area contributed by atoms with Crippen molar-refractivity contribution in [2.45, 2.75) is 0 Å². The van der Waals surface area contributed by atoms with Crippen molar-refractivity contribution in [3.8, 4) is 0 Å². The molecule has 0 aliphatic rings. The van der Waals surface area contributed by atoms with Crippen molar-refractivity contribution >= 4 is 51.5 Å². The molecule has 0 radical (unpaired) electrons. The van der Waals surface area contributed by atoms with E-state index < -0.39 is 11.0 Å². The van der Waals surface area contributed by atoms with Crippen LogP contribution in [0.1, 0.15) is 10.5 Å². The third kappa shape index (κ3) is 2.44. The van der Waals surface area contributed by atoms with E-state index in [-0.39, 0.29) is 23.2 Å². The van der Waals surface area contributed by atoms with Gasteiger partial charge in [0.25, 0.3) is 11.0 Å². The van der Waals surface area contributed by atoms with E-state index in [1.165, 1.54) is 5.38 Å². The summed E-state index contributed by atoms with van der Waals surface area (Å²) >= 11 is 5.99. The highest BCUT2D eigenvalue weighted by Gasteiger charge is 2.15. The Hall–Kier alpha value is -0.650. The molecule has 0 amide bonds. The van der Waals surface area contributed by atoms with Crippen LogP contribution in [0.3, 0.4) is 0 Å². The summed E-state index contributed by atoms with van der Waals surface area (Å²) in [6.45, 7) is 0. The average molecular weight is 227 g/mol. The molecule has 4 nitrogen and oxygen atoms in total. The van der Waals surface area contributed by atoms with Crippen LogP contribution in [-0.4, -0.2) is 16.0 Å². The highest BCUT2D eigenvalue weighted by Crippen LogP contribution is 2.11. The molecular formula is C5H4Cl2N2O2S. The van der Waals surface area contributed by atoms with E-state index in [9.17, 15) is 9.59 Å². The maximum Gasteiger partial charge on any atom is 0.294 e. The molecule has 7 heteroatoms. The number of nitrogens with zero attached hydrogens (tertiary/aromatic N) is 1. The van der Waals surface area contributed by atoms with Gasteiger partial charge in [-0.15, -0.1) is 23.7 Å². The summed E-state index contributed by atoms with van der Waals surface area (Å²) in [7, 11) is 0. The quantitative estimate of drug-likeness (QED) is 0.466. The fraction of sp³-hybridized carbons (Fsp3) is 0. The zero-order valence-electron chi connectivity index (χ0n) is 5.61. The zero-order chi connectivity index (χ0) is 8.43. The molecule has 0 bridgehead atoms. The molecule has 0 unspecified atom stereocenters. The van der Waals surface area contributed by atoms with Crippen LogP contribution in [0.2, 0.25) is 0 Å². The van der Waals surface area contributed by atoms with Gasteiger partial charge in [0.15, 0.2) is 5.13 Å². The van der Waals surface area contributed by atoms with Crippen LogP contribution in [0, 0.1) is 0 Å². The van der Waals surface area contributed by atoms with Crippen LogP contribution >= 0.6 is 35.3 Å². The standard InChI is InChI=1S/C5H3ClN2O2S.ClH/c6-4(10)3(9)2-1-11-5(7)8-2;/h1H,(H2,7,8);1H. The Morgan fingerprint density at radius 1 is 1.58 bits per heavy atom. The normalized spacial score (nSPS) is 8.75. The lowest BCUT2D eigenvalue weighted by Crippen LogP contribution is -2.07. The van der Waals surface area contributed by atoms with Crippen LogP contribution in [0.25, 0.3) is 0 Å². The number of nitrogen functional groups attached to an aromatic ring is 1. The van der Waals surface area contributed by atoms with Crippen molar-refractivity contribution in [1.29, 1.82) is 0 Å². The number of hydrogen-bond donors (Lipinski definition) is 1. The molecule has 0 saturated heterocycles. The van der Waals surface area contributed by atoms with E-state index in [2.05, 4.69) is 4.98 Å². The molecule has 0 aromatic carbocycles. The van der Waals surface area contributed by atoms with Gasteiger partial charge in [0.05, 0.1) is 0 Å². The van der Waals surface area contributed by atoms with Gasteiger partial charge in [-0.25, -0.2) is 4.98 Å². The minimum Gasteiger partial charge on any atom is -0.375 e. The Balaban J connectivity index is 0.00000121. The van der Waals surface area contributed by atoms with Gasteiger partial charge in [-0.05, 0) is 11.6 Å². The number of rotatable bonds is 2. The van der Waals surface area contributed by atoms with Gasteiger partial charge >= 0.3 is 0 Å². The predicted octanol–water partition coefficient (Wildman–Crippen LogP) is 1.10. The molecule has 1 heterocycles. The lowest BCUT2D eigenvalue weighted by molar-refractivity contribution is -0.108. The van der Waals surface area contributed by atoms with Gasteiger partial charge in [-0.3, -0.25) is 9.59 Å². The van der Waals surface area contributed by atoms with E-state index >= 15 is 0 Å². The number of nitrogens with two attached hydrogens (primary N) is 1. The van der Waals surface area contributed by atoms with Crippen molar-refractivity contribution in [1.82, 2.24) is 4.98 Å². The van der Waals surface area contributed by atoms with Crippen LogP contribution in [-0.2, 0) is 4.79 Å². The van der Waals surface area contributed by atoms with Crippen molar-refractivity contribution in [2.75, 3.05) is 5.73 Å². The number of carbonyl (C=O) groups excluding carboxylic acids is 2. The monoisotopic (exact) mass is 226 g/mol. The SMILES string of the molecule is Cl.Nc1nc(C(=O)C(=O)Cl)cs1. The summed E-state index contributed by atoms with van der Waals surface area (Å²) < 4.78 is 0. The maximum absolute atomic E-state index is 10.8. The lowest BCUT2D eigenvalue weighted by Gasteiger charge is -1.84. The molecule has 0 atom stereocenters.